The largest absolute Gasteiger partial charge is 0.477 e. The van der Waals surface area contributed by atoms with Crippen molar-refractivity contribution in [1.82, 2.24) is 34.2 Å². The number of hydrogen-bond donors (Lipinski definition) is 2. The van der Waals surface area contributed by atoms with Crippen LogP contribution in [0.5, 0.6) is 0 Å². The Kier molecular flexibility index (Phi) is 7.58. The first kappa shape index (κ1) is 27.9. The molecule has 5 heterocycles. The topological polar surface area (TPSA) is 140 Å². The molecule has 11 heteroatoms. The van der Waals surface area contributed by atoms with Gasteiger partial charge in [0.05, 0.1) is 11.4 Å². The molecule has 216 valence electrons. The lowest BCUT2D eigenvalue weighted by molar-refractivity contribution is 0.0687. The van der Waals surface area contributed by atoms with Crippen molar-refractivity contribution < 1.29 is 14.7 Å². The SMILES string of the molecule is Cc1ccccc1-c1cc2nccc(C(=O)Nc3ccccn3)n2n1.Cc1ccccc1-c1cc2nccc(C(=O)O)n2n1. The van der Waals surface area contributed by atoms with Gasteiger partial charge < -0.3 is 10.4 Å². The molecule has 0 aliphatic heterocycles. The van der Waals surface area contributed by atoms with Crippen molar-refractivity contribution in [3.63, 3.8) is 0 Å². The molecule has 0 spiro atoms. The summed E-state index contributed by atoms with van der Waals surface area (Å²) < 4.78 is 2.91. The predicted molar refractivity (Wildman–Crippen MR) is 165 cm³/mol. The molecule has 11 nitrogen and oxygen atoms in total. The van der Waals surface area contributed by atoms with Crippen LogP contribution in [0.25, 0.3) is 33.8 Å². The predicted octanol–water partition coefficient (Wildman–Crippen LogP) is 5.75. The molecule has 0 fully saturated rings. The molecule has 0 unspecified atom stereocenters. The Morgan fingerprint density at radius 1 is 0.636 bits per heavy atom. The fraction of sp³-hybridized carbons (Fsp3) is 0.0606. The van der Waals surface area contributed by atoms with Crippen LogP contribution in [-0.4, -0.2) is 51.2 Å². The van der Waals surface area contributed by atoms with E-state index in [1.165, 1.54) is 16.8 Å². The van der Waals surface area contributed by atoms with Crippen LogP contribution in [0.4, 0.5) is 5.82 Å². The van der Waals surface area contributed by atoms with E-state index in [0.29, 0.717) is 22.8 Å². The minimum absolute atomic E-state index is 0.102. The van der Waals surface area contributed by atoms with Crippen LogP contribution in [0.1, 0.15) is 32.1 Å². The Morgan fingerprint density at radius 2 is 1.16 bits per heavy atom. The van der Waals surface area contributed by atoms with Gasteiger partial charge in [-0.3, -0.25) is 4.79 Å². The zero-order chi connectivity index (χ0) is 30.6. The lowest BCUT2D eigenvalue weighted by Gasteiger charge is -2.05. The van der Waals surface area contributed by atoms with Crippen molar-refractivity contribution in [2.75, 3.05) is 5.32 Å². The van der Waals surface area contributed by atoms with Gasteiger partial charge in [0.25, 0.3) is 5.91 Å². The number of hydrogen-bond acceptors (Lipinski definition) is 7. The molecule has 0 radical (unpaired) electrons. The van der Waals surface area contributed by atoms with Gasteiger partial charge in [-0.25, -0.2) is 28.8 Å². The van der Waals surface area contributed by atoms with Gasteiger partial charge in [-0.1, -0.05) is 54.6 Å². The highest BCUT2D eigenvalue weighted by Crippen LogP contribution is 2.24. The van der Waals surface area contributed by atoms with Crippen LogP contribution < -0.4 is 5.32 Å². The minimum Gasteiger partial charge on any atom is -0.477 e. The van der Waals surface area contributed by atoms with E-state index in [1.54, 1.807) is 41.2 Å². The summed E-state index contributed by atoms with van der Waals surface area (Å²) in [7, 11) is 0. The van der Waals surface area contributed by atoms with E-state index < -0.39 is 5.97 Å². The number of anilines is 1. The normalized spacial score (nSPS) is 10.8. The molecule has 44 heavy (non-hydrogen) atoms. The van der Waals surface area contributed by atoms with E-state index >= 15 is 0 Å². The number of carboxylic acids is 1. The zero-order valence-corrected chi connectivity index (χ0v) is 23.8. The Bertz CT molecular complexity index is 2140. The summed E-state index contributed by atoms with van der Waals surface area (Å²) in [6.07, 6.45) is 4.70. The quantitative estimate of drug-likeness (QED) is 0.261. The number of carbonyl (C=O) groups is 2. The van der Waals surface area contributed by atoms with Crippen molar-refractivity contribution in [3.05, 3.63) is 132 Å². The average Bonchev–Trinajstić information content (AvgIpc) is 3.67. The van der Waals surface area contributed by atoms with Crippen LogP contribution in [-0.2, 0) is 0 Å². The van der Waals surface area contributed by atoms with Crippen LogP contribution in [0.3, 0.4) is 0 Å². The maximum atomic E-state index is 12.6. The number of pyridine rings is 1. The van der Waals surface area contributed by atoms with E-state index in [-0.39, 0.29) is 11.6 Å². The van der Waals surface area contributed by atoms with Gasteiger partial charge >= 0.3 is 5.97 Å². The second kappa shape index (κ2) is 11.9. The molecule has 0 aliphatic carbocycles. The third kappa shape index (κ3) is 5.61. The number of amides is 1. The number of benzene rings is 2. The van der Waals surface area contributed by atoms with Crippen molar-refractivity contribution in [2.24, 2.45) is 0 Å². The smallest absolute Gasteiger partial charge is 0.354 e. The Morgan fingerprint density at radius 3 is 1.68 bits per heavy atom. The molecule has 1 amide bonds. The summed E-state index contributed by atoms with van der Waals surface area (Å²) in [5.74, 6) is -0.818. The number of rotatable bonds is 5. The summed E-state index contributed by atoms with van der Waals surface area (Å²) in [5.41, 5.74) is 7.34. The highest BCUT2D eigenvalue weighted by Gasteiger charge is 2.16. The van der Waals surface area contributed by atoms with Gasteiger partial charge in [-0.05, 0) is 49.2 Å². The zero-order valence-electron chi connectivity index (χ0n) is 23.8. The van der Waals surface area contributed by atoms with Crippen LogP contribution in [0.15, 0.2) is 110 Å². The van der Waals surface area contributed by atoms with Gasteiger partial charge in [0.2, 0.25) is 0 Å². The third-order valence-corrected chi connectivity index (χ3v) is 6.92. The maximum Gasteiger partial charge on any atom is 0.354 e. The van der Waals surface area contributed by atoms with Crippen molar-refractivity contribution in [2.45, 2.75) is 13.8 Å². The molecule has 2 N–H and O–H groups in total. The summed E-state index contributed by atoms with van der Waals surface area (Å²) in [5, 5.41) is 20.8. The first-order valence-corrected chi connectivity index (χ1v) is 13.7. The number of nitrogens with zero attached hydrogens (tertiary/aromatic N) is 7. The maximum absolute atomic E-state index is 12.6. The highest BCUT2D eigenvalue weighted by atomic mass is 16.4. The van der Waals surface area contributed by atoms with Crippen LogP contribution in [0.2, 0.25) is 0 Å². The minimum atomic E-state index is -1.02. The second-order valence-electron chi connectivity index (χ2n) is 9.86. The molecule has 7 rings (SSSR count). The molecular formula is C33H26N8O3. The molecule has 7 aromatic rings. The average molecular weight is 583 g/mol. The van der Waals surface area contributed by atoms with Crippen molar-refractivity contribution in [3.8, 4) is 22.5 Å². The fourth-order valence-corrected chi connectivity index (χ4v) is 4.73. The lowest BCUT2D eigenvalue weighted by Crippen LogP contribution is -2.17. The summed E-state index contributed by atoms with van der Waals surface area (Å²) in [6, 6.07) is 27.9. The molecular weight excluding hydrogens is 556 g/mol. The Hall–Kier alpha value is -6.23. The first-order chi connectivity index (χ1) is 21.4. The number of carbonyl (C=O) groups excluding carboxylic acids is 1. The number of aromatic nitrogens is 7. The third-order valence-electron chi connectivity index (χ3n) is 6.92. The summed E-state index contributed by atoms with van der Waals surface area (Å²) in [4.78, 5) is 36.3. The number of fused-ring (bicyclic) bond motifs is 2. The first-order valence-electron chi connectivity index (χ1n) is 13.7. The van der Waals surface area contributed by atoms with Crippen molar-refractivity contribution >= 4 is 29.0 Å². The lowest BCUT2D eigenvalue weighted by atomic mass is 10.1. The van der Waals surface area contributed by atoms with Gasteiger partial charge in [-0.2, -0.15) is 10.2 Å². The van der Waals surface area contributed by atoms with Crippen molar-refractivity contribution in [1.29, 1.82) is 0 Å². The van der Waals surface area contributed by atoms with Gasteiger partial charge in [0, 0.05) is 41.9 Å². The summed E-state index contributed by atoms with van der Waals surface area (Å²) in [6.45, 7) is 4.02. The standard InChI is InChI=1S/C19H15N5O.C14H11N3O2/c1-13-6-2-3-7-14(13)15-12-18-21-11-9-16(24(18)23-15)19(25)22-17-8-4-5-10-20-17;1-9-4-2-3-5-10(9)11-8-13-15-7-6-12(14(18)19)17(13)16-11/h2-12H,1H3,(H,20,22,25);2-8H,1H3,(H,18,19). The van der Waals surface area contributed by atoms with E-state index in [0.717, 1.165) is 33.6 Å². The van der Waals surface area contributed by atoms with Gasteiger partial charge in [-0.15, -0.1) is 0 Å². The van der Waals surface area contributed by atoms with E-state index in [1.807, 2.05) is 74.5 Å². The molecule has 0 bridgehead atoms. The molecule has 0 atom stereocenters. The molecule has 0 saturated heterocycles. The molecule has 0 aliphatic rings. The number of nitrogens with one attached hydrogen (secondary N) is 1. The Balaban J connectivity index is 0.000000162. The monoisotopic (exact) mass is 582 g/mol. The summed E-state index contributed by atoms with van der Waals surface area (Å²) >= 11 is 0. The van der Waals surface area contributed by atoms with Crippen LogP contribution in [0, 0.1) is 13.8 Å². The Labute approximate surface area is 251 Å². The van der Waals surface area contributed by atoms with Gasteiger partial charge in [0.1, 0.15) is 11.5 Å². The number of aryl methyl sites for hydroxylation is 2. The second-order valence-corrected chi connectivity index (χ2v) is 9.86. The molecule has 5 aromatic heterocycles. The van der Waals surface area contributed by atoms with Crippen LogP contribution >= 0.6 is 0 Å². The molecule has 0 saturated carbocycles. The number of aromatic carboxylic acids is 1. The molecule has 2 aromatic carbocycles. The van der Waals surface area contributed by atoms with E-state index in [9.17, 15) is 9.59 Å². The van der Waals surface area contributed by atoms with E-state index in [4.69, 9.17) is 5.11 Å². The fourth-order valence-electron chi connectivity index (χ4n) is 4.73. The highest BCUT2D eigenvalue weighted by molar-refractivity contribution is 6.02. The van der Waals surface area contributed by atoms with E-state index in [2.05, 4.69) is 30.5 Å². The van der Waals surface area contributed by atoms with Gasteiger partial charge in [0.15, 0.2) is 17.0 Å². The number of carboxylic acid groups (broad SMARTS) is 1.